The minimum absolute atomic E-state index is 0.00502. The fourth-order valence-corrected chi connectivity index (χ4v) is 3.24. The van der Waals surface area contributed by atoms with Gasteiger partial charge in [-0.05, 0) is 36.8 Å². The van der Waals surface area contributed by atoms with Crippen LogP contribution < -0.4 is 5.43 Å². The Morgan fingerprint density at radius 1 is 1.12 bits per heavy atom. The number of nitrogens with zero attached hydrogens (tertiary/aromatic N) is 1. The third kappa shape index (κ3) is 3.41. The third-order valence-electron chi connectivity index (χ3n) is 3.99. The Hall–Kier alpha value is -2.30. The van der Waals surface area contributed by atoms with Crippen LogP contribution in [-0.2, 0) is 16.1 Å². The van der Waals surface area contributed by atoms with Crippen molar-refractivity contribution in [2.45, 2.75) is 13.5 Å². The van der Waals surface area contributed by atoms with E-state index in [2.05, 4.69) is 0 Å². The fraction of sp³-hybridized carbons (Fsp3) is 0.158. The molecule has 6 heteroatoms. The molecular formula is C19H15Cl2NO3. The van der Waals surface area contributed by atoms with Crippen LogP contribution in [0.4, 0.5) is 0 Å². The van der Waals surface area contributed by atoms with E-state index in [0.717, 1.165) is 5.56 Å². The lowest BCUT2D eigenvalue weighted by Gasteiger charge is -2.14. The van der Waals surface area contributed by atoms with Gasteiger partial charge in [-0.15, -0.1) is 0 Å². The summed E-state index contributed by atoms with van der Waals surface area (Å²) in [5, 5.41) is 1.37. The molecular weight excluding hydrogens is 361 g/mol. The van der Waals surface area contributed by atoms with Crippen molar-refractivity contribution in [1.82, 2.24) is 4.57 Å². The number of halogens is 2. The molecule has 0 atom stereocenters. The second-order valence-corrected chi connectivity index (χ2v) is 6.56. The lowest BCUT2D eigenvalue weighted by atomic mass is 10.0. The predicted molar refractivity (Wildman–Crippen MR) is 100 cm³/mol. The van der Waals surface area contributed by atoms with Gasteiger partial charge in [-0.2, -0.15) is 0 Å². The van der Waals surface area contributed by atoms with E-state index in [1.54, 1.807) is 35.0 Å². The summed E-state index contributed by atoms with van der Waals surface area (Å²) in [6.45, 7) is 1.92. The monoisotopic (exact) mass is 375 g/mol. The van der Waals surface area contributed by atoms with Crippen LogP contribution in [0.1, 0.15) is 5.56 Å². The molecule has 0 amide bonds. The van der Waals surface area contributed by atoms with Gasteiger partial charge in [0.1, 0.15) is 6.54 Å². The first-order valence-electron chi connectivity index (χ1n) is 7.56. The molecule has 0 saturated heterocycles. The average Bonchev–Trinajstić information content (AvgIpc) is 2.57. The zero-order valence-electron chi connectivity index (χ0n) is 13.7. The minimum Gasteiger partial charge on any atom is -0.468 e. The maximum absolute atomic E-state index is 13.0. The van der Waals surface area contributed by atoms with Crippen LogP contribution in [0.2, 0.25) is 10.0 Å². The first kappa shape index (κ1) is 17.5. The highest BCUT2D eigenvalue weighted by atomic mass is 35.5. The normalized spacial score (nSPS) is 10.9. The molecule has 3 rings (SSSR count). The van der Waals surface area contributed by atoms with Crippen molar-refractivity contribution in [3.63, 3.8) is 0 Å². The summed E-state index contributed by atoms with van der Waals surface area (Å²) in [6.07, 6.45) is 1.64. The molecule has 2 aromatic carbocycles. The first-order chi connectivity index (χ1) is 11.9. The van der Waals surface area contributed by atoms with E-state index in [-0.39, 0.29) is 12.0 Å². The molecule has 0 N–H and O–H groups in total. The number of aromatic nitrogens is 1. The Kier molecular flexibility index (Phi) is 4.84. The van der Waals surface area contributed by atoms with Gasteiger partial charge in [-0.25, -0.2) is 0 Å². The zero-order chi connectivity index (χ0) is 18.1. The quantitative estimate of drug-likeness (QED) is 0.635. The van der Waals surface area contributed by atoms with Crippen molar-refractivity contribution in [1.29, 1.82) is 0 Å². The lowest BCUT2D eigenvalue weighted by Crippen LogP contribution is -2.17. The van der Waals surface area contributed by atoms with Gasteiger partial charge < -0.3 is 9.30 Å². The van der Waals surface area contributed by atoms with E-state index in [1.807, 2.05) is 19.1 Å². The smallest absolute Gasteiger partial charge is 0.325 e. The molecule has 0 aliphatic rings. The standard InChI is InChI=1S/C19H15Cl2NO3/c1-11-3-5-14-17(7-11)22(10-18(23)25-2)9-15(19(14)24)13-6-4-12(20)8-16(13)21/h3-9H,10H2,1-2H3. The van der Waals surface area contributed by atoms with Crippen molar-refractivity contribution < 1.29 is 9.53 Å². The molecule has 0 aliphatic carbocycles. The van der Waals surface area contributed by atoms with E-state index in [1.165, 1.54) is 7.11 Å². The summed E-state index contributed by atoms with van der Waals surface area (Å²) in [5.41, 5.74) is 2.48. The number of pyridine rings is 1. The SMILES string of the molecule is COC(=O)Cn1cc(-c2ccc(Cl)cc2Cl)c(=O)c2ccc(C)cc21. The molecule has 0 radical (unpaired) electrons. The van der Waals surface area contributed by atoms with Gasteiger partial charge in [0.2, 0.25) is 0 Å². The second kappa shape index (κ2) is 6.90. The molecule has 25 heavy (non-hydrogen) atoms. The van der Waals surface area contributed by atoms with E-state index >= 15 is 0 Å². The van der Waals surface area contributed by atoms with Crippen LogP contribution >= 0.6 is 23.2 Å². The molecule has 128 valence electrons. The Labute approximate surface area is 154 Å². The maximum Gasteiger partial charge on any atom is 0.325 e. The number of rotatable bonds is 3. The van der Waals surface area contributed by atoms with Crippen LogP contribution in [0.15, 0.2) is 47.4 Å². The van der Waals surface area contributed by atoms with E-state index in [0.29, 0.717) is 32.1 Å². The van der Waals surface area contributed by atoms with Crippen molar-refractivity contribution >= 4 is 40.1 Å². The number of fused-ring (bicyclic) bond motifs is 1. The van der Waals surface area contributed by atoms with Gasteiger partial charge in [0.25, 0.3) is 0 Å². The van der Waals surface area contributed by atoms with Crippen molar-refractivity contribution in [2.24, 2.45) is 0 Å². The van der Waals surface area contributed by atoms with Gasteiger partial charge in [-0.1, -0.05) is 35.3 Å². The van der Waals surface area contributed by atoms with Crippen molar-refractivity contribution in [2.75, 3.05) is 7.11 Å². The molecule has 0 saturated carbocycles. The molecule has 1 aromatic heterocycles. The summed E-state index contributed by atoms with van der Waals surface area (Å²) in [7, 11) is 1.33. The Balaban J connectivity index is 2.33. The number of aryl methyl sites for hydroxylation is 1. The predicted octanol–water partition coefficient (Wildman–Crippen LogP) is 4.46. The van der Waals surface area contributed by atoms with Crippen LogP contribution in [0, 0.1) is 6.92 Å². The molecule has 0 aliphatic heterocycles. The number of carbonyl (C=O) groups excluding carboxylic acids is 1. The average molecular weight is 376 g/mol. The fourth-order valence-electron chi connectivity index (χ4n) is 2.73. The minimum atomic E-state index is -0.403. The topological polar surface area (TPSA) is 48.3 Å². The maximum atomic E-state index is 13.0. The number of benzene rings is 2. The summed E-state index contributed by atoms with van der Waals surface area (Å²) in [4.78, 5) is 24.8. The summed E-state index contributed by atoms with van der Waals surface area (Å²) in [5.74, 6) is -0.403. The second-order valence-electron chi connectivity index (χ2n) is 5.72. The van der Waals surface area contributed by atoms with Gasteiger partial charge >= 0.3 is 5.97 Å². The van der Waals surface area contributed by atoms with Crippen LogP contribution in [0.25, 0.3) is 22.0 Å². The largest absolute Gasteiger partial charge is 0.468 e. The highest BCUT2D eigenvalue weighted by Gasteiger charge is 2.15. The van der Waals surface area contributed by atoms with E-state index in [9.17, 15) is 9.59 Å². The summed E-state index contributed by atoms with van der Waals surface area (Å²) >= 11 is 12.2. The highest BCUT2D eigenvalue weighted by Crippen LogP contribution is 2.29. The van der Waals surface area contributed by atoms with Gasteiger partial charge in [0.15, 0.2) is 5.43 Å². The summed E-state index contributed by atoms with van der Waals surface area (Å²) < 4.78 is 6.47. The number of esters is 1. The first-order valence-corrected chi connectivity index (χ1v) is 8.32. The third-order valence-corrected chi connectivity index (χ3v) is 4.53. The Morgan fingerprint density at radius 3 is 2.56 bits per heavy atom. The number of hydrogen-bond donors (Lipinski definition) is 0. The number of carbonyl (C=O) groups is 1. The molecule has 0 fully saturated rings. The number of methoxy groups -OCH3 is 1. The number of hydrogen-bond acceptors (Lipinski definition) is 3. The Morgan fingerprint density at radius 2 is 1.88 bits per heavy atom. The molecule has 3 aromatic rings. The zero-order valence-corrected chi connectivity index (χ0v) is 15.2. The van der Waals surface area contributed by atoms with E-state index in [4.69, 9.17) is 27.9 Å². The molecule has 1 heterocycles. The van der Waals surface area contributed by atoms with Gasteiger partial charge in [0.05, 0.1) is 17.6 Å². The molecule has 4 nitrogen and oxygen atoms in total. The van der Waals surface area contributed by atoms with Gasteiger partial charge in [0, 0.05) is 27.7 Å². The molecule has 0 spiro atoms. The highest BCUT2D eigenvalue weighted by molar-refractivity contribution is 6.36. The van der Waals surface area contributed by atoms with Crippen LogP contribution in [0.5, 0.6) is 0 Å². The Bertz CT molecular complexity index is 1040. The lowest BCUT2D eigenvalue weighted by molar-refractivity contribution is -0.141. The summed E-state index contributed by atoms with van der Waals surface area (Å²) in [6, 6.07) is 10.4. The van der Waals surface area contributed by atoms with Gasteiger partial charge in [-0.3, -0.25) is 9.59 Å². The van der Waals surface area contributed by atoms with Crippen molar-refractivity contribution in [3.8, 4) is 11.1 Å². The molecule has 0 unspecified atom stereocenters. The van der Waals surface area contributed by atoms with Crippen molar-refractivity contribution in [3.05, 3.63) is 68.4 Å². The van der Waals surface area contributed by atoms with Crippen LogP contribution in [0.3, 0.4) is 0 Å². The number of ether oxygens (including phenoxy) is 1. The van der Waals surface area contributed by atoms with Crippen LogP contribution in [-0.4, -0.2) is 17.6 Å². The molecule has 0 bridgehead atoms. The van der Waals surface area contributed by atoms with E-state index < -0.39 is 5.97 Å².